The van der Waals surface area contributed by atoms with Crippen molar-refractivity contribution < 1.29 is 18.3 Å². The molecule has 124 valence electrons. The van der Waals surface area contributed by atoms with Crippen molar-refractivity contribution in [1.29, 1.82) is 0 Å². The van der Waals surface area contributed by atoms with Crippen LogP contribution in [-0.4, -0.2) is 35.5 Å². The zero-order chi connectivity index (χ0) is 16.3. The quantitative estimate of drug-likeness (QED) is 0.714. The number of nitrogens with one attached hydrogen (secondary N) is 2. The minimum Gasteiger partial charge on any atom is -0.481 e. The average molecular weight is 329 g/mol. The smallest absolute Gasteiger partial charge is 0.308 e. The summed E-state index contributed by atoms with van der Waals surface area (Å²) in [4.78, 5) is 18.2. The zero-order valence-electron chi connectivity index (χ0n) is 12.9. The normalized spacial score (nSPS) is 23.4. The number of nitrogens with zero attached hydrogens (tertiary/aromatic N) is 1. The number of hydrogen-bond acceptors (Lipinski definition) is 4. The minimum absolute atomic E-state index is 0.00964. The summed E-state index contributed by atoms with van der Waals surface area (Å²) in [6.07, 6.45) is 4.91. The number of sulfonamides is 1. The van der Waals surface area contributed by atoms with E-state index >= 15 is 0 Å². The molecule has 0 amide bonds. The Balaban J connectivity index is 2.19. The first-order valence-electron chi connectivity index (χ1n) is 7.61. The van der Waals surface area contributed by atoms with E-state index in [-0.39, 0.29) is 10.9 Å². The Morgan fingerprint density at radius 3 is 2.64 bits per heavy atom. The highest BCUT2D eigenvalue weighted by Crippen LogP contribution is 2.25. The molecule has 0 unspecified atom stereocenters. The van der Waals surface area contributed by atoms with Crippen molar-refractivity contribution in [3.05, 3.63) is 12.0 Å². The maximum absolute atomic E-state index is 12.4. The fourth-order valence-corrected chi connectivity index (χ4v) is 3.99. The van der Waals surface area contributed by atoms with E-state index in [1.165, 1.54) is 6.20 Å². The fourth-order valence-electron chi connectivity index (χ4n) is 2.76. The molecule has 1 aromatic heterocycles. The van der Waals surface area contributed by atoms with Crippen LogP contribution in [0.4, 0.5) is 0 Å². The van der Waals surface area contributed by atoms with E-state index in [4.69, 9.17) is 0 Å². The monoisotopic (exact) mass is 329 g/mol. The molecule has 0 aromatic carbocycles. The second-order valence-electron chi connectivity index (χ2n) is 6.10. The summed E-state index contributed by atoms with van der Waals surface area (Å²) in [7, 11) is -3.79. The molecule has 0 aliphatic heterocycles. The van der Waals surface area contributed by atoms with E-state index in [1.54, 1.807) is 0 Å². The number of hydrogen-bond donors (Lipinski definition) is 3. The molecule has 1 heterocycles. The van der Waals surface area contributed by atoms with Gasteiger partial charge in [0.15, 0.2) is 5.03 Å². The number of aromatic nitrogens is 2. The Bertz CT molecular complexity index is 624. The summed E-state index contributed by atoms with van der Waals surface area (Å²) in [5.74, 6) is -0.934. The Kier molecular flexibility index (Phi) is 5.23. The van der Waals surface area contributed by atoms with Crippen LogP contribution < -0.4 is 4.72 Å². The van der Waals surface area contributed by atoms with Gasteiger partial charge in [-0.2, -0.15) is 0 Å². The molecule has 2 atom stereocenters. The predicted octanol–water partition coefficient (Wildman–Crippen LogP) is 1.84. The van der Waals surface area contributed by atoms with Crippen molar-refractivity contribution in [3.63, 3.8) is 0 Å². The van der Waals surface area contributed by atoms with Gasteiger partial charge in [0.05, 0.1) is 12.1 Å². The molecular weight excluding hydrogens is 306 g/mol. The third-order valence-electron chi connectivity index (χ3n) is 4.05. The number of rotatable bonds is 5. The lowest BCUT2D eigenvalue weighted by molar-refractivity contribution is -0.142. The summed E-state index contributed by atoms with van der Waals surface area (Å²) in [6.45, 7) is 3.82. The number of carboxylic acid groups (broad SMARTS) is 1. The Morgan fingerprint density at radius 2 is 2.05 bits per heavy atom. The predicted molar refractivity (Wildman–Crippen MR) is 81.0 cm³/mol. The van der Waals surface area contributed by atoms with E-state index in [2.05, 4.69) is 14.7 Å². The van der Waals surface area contributed by atoms with Gasteiger partial charge in [-0.25, -0.2) is 18.1 Å². The number of carbonyl (C=O) groups is 1. The lowest BCUT2D eigenvalue weighted by atomic mass is 9.96. The molecule has 22 heavy (non-hydrogen) atoms. The molecule has 0 spiro atoms. The second-order valence-corrected chi connectivity index (χ2v) is 7.78. The van der Waals surface area contributed by atoms with Gasteiger partial charge in [-0.1, -0.05) is 33.1 Å². The third-order valence-corrected chi connectivity index (χ3v) is 5.45. The molecule has 8 heteroatoms. The minimum atomic E-state index is -3.79. The first-order valence-corrected chi connectivity index (χ1v) is 9.09. The summed E-state index contributed by atoms with van der Waals surface area (Å²) in [5, 5.41) is 9.31. The fraction of sp³-hybridized carbons (Fsp3) is 0.714. The highest BCUT2D eigenvalue weighted by atomic mass is 32.2. The highest BCUT2D eigenvalue weighted by molar-refractivity contribution is 7.89. The van der Waals surface area contributed by atoms with Crippen molar-refractivity contribution in [1.82, 2.24) is 14.7 Å². The molecule has 7 nitrogen and oxygen atoms in total. The van der Waals surface area contributed by atoms with Crippen LogP contribution in [0.5, 0.6) is 0 Å². The molecule has 1 aliphatic carbocycles. The topological polar surface area (TPSA) is 112 Å². The maximum Gasteiger partial charge on any atom is 0.308 e. The van der Waals surface area contributed by atoms with Gasteiger partial charge in [0.2, 0.25) is 0 Å². The largest absolute Gasteiger partial charge is 0.481 e. The van der Waals surface area contributed by atoms with Gasteiger partial charge < -0.3 is 10.1 Å². The van der Waals surface area contributed by atoms with Gasteiger partial charge in [-0.05, 0) is 12.8 Å². The van der Waals surface area contributed by atoms with Gasteiger partial charge in [-0.15, -0.1) is 0 Å². The zero-order valence-corrected chi connectivity index (χ0v) is 13.7. The molecular formula is C14H23N3O4S. The second kappa shape index (κ2) is 6.78. The third kappa shape index (κ3) is 3.86. The van der Waals surface area contributed by atoms with E-state index in [0.29, 0.717) is 18.7 Å². The number of imidazole rings is 1. The summed E-state index contributed by atoms with van der Waals surface area (Å²) in [6, 6.07) is -0.573. The summed E-state index contributed by atoms with van der Waals surface area (Å²) < 4.78 is 27.4. The van der Waals surface area contributed by atoms with Crippen LogP contribution in [0.15, 0.2) is 11.2 Å². The lowest BCUT2D eigenvalue weighted by Gasteiger charge is -2.22. The van der Waals surface area contributed by atoms with E-state index < -0.39 is 28.0 Å². The lowest BCUT2D eigenvalue weighted by Crippen LogP contribution is -2.42. The summed E-state index contributed by atoms with van der Waals surface area (Å²) in [5.41, 5.74) is 0. The molecule has 2 rings (SSSR count). The molecule has 1 saturated carbocycles. The number of aliphatic carboxylic acids is 1. The Hall–Kier alpha value is -1.41. The summed E-state index contributed by atoms with van der Waals surface area (Å²) >= 11 is 0. The first-order chi connectivity index (χ1) is 10.3. The van der Waals surface area contributed by atoms with Gasteiger partial charge in [0.1, 0.15) is 5.82 Å². The van der Waals surface area contributed by atoms with Gasteiger partial charge in [0, 0.05) is 12.0 Å². The molecule has 1 fully saturated rings. The van der Waals surface area contributed by atoms with Crippen LogP contribution >= 0.6 is 0 Å². The molecule has 3 N–H and O–H groups in total. The van der Waals surface area contributed by atoms with Crippen LogP contribution in [0.25, 0.3) is 0 Å². The van der Waals surface area contributed by atoms with Crippen molar-refractivity contribution in [3.8, 4) is 0 Å². The van der Waals surface area contributed by atoms with Gasteiger partial charge >= 0.3 is 5.97 Å². The van der Waals surface area contributed by atoms with Gasteiger partial charge in [-0.3, -0.25) is 4.79 Å². The van der Waals surface area contributed by atoms with Crippen LogP contribution in [0.3, 0.4) is 0 Å². The molecule has 1 aromatic rings. The van der Waals surface area contributed by atoms with Crippen molar-refractivity contribution in [2.75, 3.05) is 0 Å². The van der Waals surface area contributed by atoms with E-state index in [0.717, 1.165) is 19.3 Å². The first kappa shape index (κ1) is 17.0. The van der Waals surface area contributed by atoms with Crippen LogP contribution in [0.2, 0.25) is 0 Å². The SMILES string of the molecule is CC(C)c1ncc(S(=O)(=O)N[C@@H]2CCCCC[C@@H]2C(=O)O)[nH]1. The molecule has 0 saturated heterocycles. The average Bonchev–Trinajstić information content (AvgIpc) is 2.82. The van der Waals surface area contributed by atoms with Crippen LogP contribution in [0, 0.1) is 5.92 Å². The van der Waals surface area contributed by atoms with E-state index in [1.807, 2.05) is 13.8 Å². The number of carboxylic acids is 1. The van der Waals surface area contributed by atoms with Gasteiger partial charge in [0.25, 0.3) is 10.0 Å². The number of aromatic amines is 1. The Morgan fingerprint density at radius 1 is 1.36 bits per heavy atom. The van der Waals surface area contributed by atoms with Crippen LogP contribution in [-0.2, 0) is 14.8 Å². The van der Waals surface area contributed by atoms with Crippen molar-refractivity contribution in [2.24, 2.45) is 5.92 Å². The number of H-pyrrole nitrogens is 1. The maximum atomic E-state index is 12.4. The highest BCUT2D eigenvalue weighted by Gasteiger charge is 2.33. The van der Waals surface area contributed by atoms with Crippen LogP contribution in [0.1, 0.15) is 57.7 Å². The molecule has 1 aliphatic rings. The molecule has 0 bridgehead atoms. The standard InChI is InChI=1S/C14H23N3O4S/c1-9(2)13-15-8-12(16-13)22(20,21)17-11-7-5-3-4-6-10(11)14(18)19/h8-11,17H,3-7H2,1-2H3,(H,15,16)(H,18,19)/t10-,11+/m0/s1. The van der Waals surface area contributed by atoms with Crippen molar-refractivity contribution in [2.45, 2.75) is 62.9 Å². The Labute approximate surface area is 130 Å². The van der Waals surface area contributed by atoms with E-state index in [9.17, 15) is 18.3 Å². The molecule has 0 radical (unpaired) electrons. The van der Waals surface area contributed by atoms with Crippen molar-refractivity contribution >= 4 is 16.0 Å².